The van der Waals surface area contributed by atoms with Crippen LogP contribution in [0.15, 0.2) is 30.6 Å². The predicted molar refractivity (Wildman–Crippen MR) is 137 cm³/mol. The van der Waals surface area contributed by atoms with Crippen LogP contribution in [0.4, 0.5) is 24.7 Å². The van der Waals surface area contributed by atoms with Gasteiger partial charge < -0.3 is 10.5 Å². The second-order valence-electron chi connectivity index (χ2n) is 10.5. The van der Waals surface area contributed by atoms with Crippen molar-refractivity contribution in [2.24, 2.45) is 5.92 Å². The highest BCUT2D eigenvalue weighted by Gasteiger charge is 2.32. The number of benzene rings is 1. The van der Waals surface area contributed by atoms with Crippen molar-refractivity contribution < 1.29 is 22.7 Å². The Bertz CT molecular complexity index is 1260. The molecule has 2 N–H and O–H groups in total. The van der Waals surface area contributed by atoms with Gasteiger partial charge in [0.2, 0.25) is 5.91 Å². The fourth-order valence-electron chi connectivity index (χ4n) is 4.30. The van der Waals surface area contributed by atoms with E-state index in [9.17, 15) is 18.0 Å². The lowest BCUT2D eigenvalue weighted by Gasteiger charge is -2.32. The molecule has 0 spiro atoms. The molecule has 0 aliphatic carbocycles. The quantitative estimate of drug-likeness (QED) is 0.245. The van der Waals surface area contributed by atoms with Crippen LogP contribution in [0.25, 0.3) is 11.3 Å². The number of aromatic nitrogens is 4. The molecule has 1 atom stereocenters. The van der Waals surface area contributed by atoms with E-state index in [1.807, 2.05) is 0 Å². The third-order valence-corrected chi connectivity index (χ3v) is 8.06. The van der Waals surface area contributed by atoms with Gasteiger partial charge in [-0.25, -0.2) is 17.9 Å². The largest absolute Gasteiger partial charge is 0.397 e. The summed E-state index contributed by atoms with van der Waals surface area (Å²) in [6.45, 7) is 7.95. The van der Waals surface area contributed by atoms with Gasteiger partial charge in [-0.15, -0.1) is 0 Å². The highest BCUT2D eigenvalue weighted by molar-refractivity contribution is 6.76. The molecule has 8 nitrogen and oxygen atoms in total. The number of nitrogen functional groups attached to an aromatic ring is 1. The number of amides is 1. The number of carbonyl (C=O) groups excluding carboxylic acids is 1. The zero-order valence-corrected chi connectivity index (χ0v) is 22.2. The zero-order chi connectivity index (χ0) is 26.7. The molecule has 1 amide bonds. The van der Waals surface area contributed by atoms with Gasteiger partial charge in [0.15, 0.2) is 17.5 Å². The van der Waals surface area contributed by atoms with Crippen LogP contribution in [-0.4, -0.2) is 47.1 Å². The molecule has 1 saturated heterocycles. The number of ether oxygens (including phenoxy) is 1. The molecule has 2 aromatic heterocycles. The number of piperidine rings is 1. The van der Waals surface area contributed by atoms with Crippen molar-refractivity contribution in [1.82, 2.24) is 20.0 Å². The van der Waals surface area contributed by atoms with E-state index in [1.54, 1.807) is 15.6 Å². The lowest BCUT2D eigenvalue weighted by Crippen LogP contribution is -2.43. The van der Waals surface area contributed by atoms with E-state index < -0.39 is 31.4 Å². The normalized spacial score (nSPS) is 16.4. The summed E-state index contributed by atoms with van der Waals surface area (Å²) >= 11 is 0. The monoisotopic (exact) mass is 532 g/mol. The summed E-state index contributed by atoms with van der Waals surface area (Å²) in [6, 6.07) is 4.62. The molecule has 0 radical (unpaired) electrons. The average Bonchev–Trinajstić information content (AvgIpc) is 3.25. The van der Waals surface area contributed by atoms with E-state index in [-0.39, 0.29) is 24.6 Å². The summed E-state index contributed by atoms with van der Waals surface area (Å²) in [4.78, 5) is 15.2. The Kier molecular flexibility index (Phi) is 7.98. The summed E-state index contributed by atoms with van der Waals surface area (Å²) in [5.74, 6) is -4.24. The van der Waals surface area contributed by atoms with Crippen LogP contribution in [0.2, 0.25) is 25.7 Å². The number of hydrogen-bond donors (Lipinski definition) is 1. The molecule has 3 heterocycles. The van der Waals surface area contributed by atoms with Crippen LogP contribution < -0.4 is 10.6 Å². The minimum Gasteiger partial charge on any atom is -0.397 e. The van der Waals surface area contributed by atoms with Crippen LogP contribution in [0.5, 0.6) is 0 Å². The molecule has 1 unspecified atom stereocenters. The minimum absolute atomic E-state index is 0.0956. The van der Waals surface area contributed by atoms with Crippen molar-refractivity contribution in [3.8, 4) is 11.3 Å². The standard InChI is InChI=1S/C25H31F3N6O2Si/c1-37(2,3)8-7-36-15-34-23(12-22(32-34)18-13-30-31-14-21(18)29)33-6-4-5-17(25(33)35)9-16-10-19(26)24(28)20(27)11-16/h10-14,17H,4-9,15H2,1-3H3,(H2,29,30). The van der Waals surface area contributed by atoms with E-state index in [0.717, 1.165) is 18.2 Å². The number of halogens is 3. The van der Waals surface area contributed by atoms with E-state index in [4.69, 9.17) is 10.5 Å². The Balaban J connectivity index is 1.60. The van der Waals surface area contributed by atoms with Crippen LogP contribution >= 0.6 is 0 Å². The second-order valence-corrected chi connectivity index (χ2v) is 16.1. The number of nitrogens with zero attached hydrogens (tertiary/aromatic N) is 5. The molecule has 37 heavy (non-hydrogen) atoms. The van der Waals surface area contributed by atoms with E-state index >= 15 is 0 Å². The summed E-state index contributed by atoms with van der Waals surface area (Å²) in [5.41, 5.74) is 7.81. The number of anilines is 2. The van der Waals surface area contributed by atoms with Crippen molar-refractivity contribution in [3.05, 3.63) is 53.6 Å². The fourth-order valence-corrected chi connectivity index (χ4v) is 5.06. The molecular weight excluding hydrogens is 501 g/mol. The predicted octanol–water partition coefficient (Wildman–Crippen LogP) is 4.64. The maximum Gasteiger partial charge on any atom is 0.231 e. The first-order valence-electron chi connectivity index (χ1n) is 12.2. The summed E-state index contributed by atoms with van der Waals surface area (Å²) < 4.78 is 48.4. The lowest BCUT2D eigenvalue weighted by atomic mass is 9.90. The zero-order valence-electron chi connectivity index (χ0n) is 21.2. The molecule has 0 bridgehead atoms. The first-order chi connectivity index (χ1) is 17.5. The lowest BCUT2D eigenvalue weighted by molar-refractivity contribution is -0.123. The van der Waals surface area contributed by atoms with Gasteiger partial charge in [0, 0.05) is 38.8 Å². The SMILES string of the molecule is C[Si](C)(C)CCOCn1nc(-c2cnncc2N)cc1N1CCCC(Cc2cc(F)c(F)c(F)c2)C1=O. The Hall–Kier alpha value is -3.25. The third-order valence-electron chi connectivity index (χ3n) is 6.36. The van der Waals surface area contributed by atoms with Gasteiger partial charge in [-0.05, 0) is 43.0 Å². The number of carbonyl (C=O) groups is 1. The van der Waals surface area contributed by atoms with Crippen LogP contribution in [0.1, 0.15) is 18.4 Å². The average molecular weight is 533 g/mol. The third kappa shape index (κ3) is 6.36. The van der Waals surface area contributed by atoms with Crippen LogP contribution in [-0.2, 0) is 22.7 Å². The number of hydrogen-bond acceptors (Lipinski definition) is 6. The van der Waals surface area contributed by atoms with Gasteiger partial charge in [0.05, 0.1) is 23.8 Å². The van der Waals surface area contributed by atoms with Gasteiger partial charge in [-0.3, -0.25) is 9.69 Å². The molecule has 198 valence electrons. The van der Waals surface area contributed by atoms with E-state index in [2.05, 4.69) is 34.9 Å². The number of rotatable bonds is 9. The Morgan fingerprint density at radius 2 is 1.81 bits per heavy atom. The first kappa shape index (κ1) is 26.8. The van der Waals surface area contributed by atoms with Crippen molar-refractivity contribution >= 4 is 25.5 Å². The van der Waals surface area contributed by atoms with Crippen molar-refractivity contribution in [1.29, 1.82) is 0 Å². The first-order valence-corrected chi connectivity index (χ1v) is 15.9. The highest BCUT2D eigenvalue weighted by Crippen LogP contribution is 2.32. The maximum absolute atomic E-state index is 13.8. The Morgan fingerprint density at radius 1 is 1.11 bits per heavy atom. The summed E-state index contributed by atoms with van der Waals surface area (Å²) in [5, 5.41) is 12.3. The van der Waals surface area contributed by atoms with Gasteiger partial charge in [0.25, 0.3) is 0 Å². The van der Waals surface area contributed by atoms with Crippen LogP contribution in [0.3, 0.4) is 0 Å². The Morgan fingerprint density at radius 3 is 2.49 bits per heavy atom. The fraction of sp³-hybridized carbons (Fsp3) is 0.440. The molecule has 1 aliphatic heterocycles. The maximum atomic E-state index is 13.8. The van der Waals surface area contributed by atoms with Crippen molar-refractivity contribution in [3.63, 3.8) is 0 Å². The second kappa shape index (κ2) is 11.0. The van der Waals surface area contributed by atoms with Gasteiger partial charge >= 0.3 is 0 Å². The summed E-state index contributed by atoms with van der Waals surface area (Å²) in [6.07, 6.45) is 4.26. The van der Waals surface area contributed by atoms with Crippen molar-refractivity contribution in [2.75, 3.05) is 23.8 Å². The highest BCUT2D eigenvalue weighted by atomic mass is 28.3. The molecule has 1 fully saturated rings. The molecule has 12 heteroatoms. The smallest absolute Gasteiger partial charge is 0.231 e. The Labute approximate surface area is 214 Å². The molecular formula is C25H31F3N6O2Si. The van der Waals surface area contributed by atoms with E-state index in [1.165, 1.54) is 12.4 Å². The van der Waals surface area contributed by atoms with Gasteiger partial charge in [-0.2, -0.15) is 15.3 Å². The molecule has 1 aliphatic rings. The molecule has 4 rings (SSSR count). The molecule has 1 aromatic carbocycles. The minimum atomic E-state index is -1.52. The van der Waals surface area contributed by atoms with Crippen molar-refractivity contribution in [2.45, 2.75) is 51.7 Å². The van der Waals surface area contributed by atoms with Gasteiger partial charge in [0.1, 0.15) is 12.5 Å². The molecule has 0 saturated carbocycles. The van der Waals surface area contributed by atoms with E-state index in [0.29, 0.717) is 48.8 Å². The summed E-state index contributed by atoms with van der Waals surface area (Å²) in [7, 11) is -1.29. The van der Waals surface area contributed by atoms with Crippen LogP contribution in [0, 0.1) is 23.4 Å². The molecule has 3 aromatic rings. The topological polar surface area (TPSA) is 99.2 Å². The number of nitrogens with two attached hydrogens (primary N) is 1. The van der Waals surface area contributed by atoms with Gasteiger partial charge in [-0.1, -0.05) is 19.6 Å².